The molecule has 0 bridgehead atoms. The topological polar surface area (TPSA) is 86.9 Å². The van der Waals surface area contributed by atoms with Crippen LogP contribution < -0.4 is 9.64 Å². The molecular formula is C29H31F2N3O5. The van der Waals surface area contributed by atoms with Crippen molar-refractivity contribution in [2.24, 2.45) is 11.8 Å². The maximum Gasteiger partial charge on any atom is 0.387 e. The number of para-hydroxylation sites is 1. The number of fused-ring (bicyclic) bond motifs is 1. The number of anilines is 1. The van der Waals surface area contributed by atoms with E-state index in [1.807, 2.05) is 6.07 Å². The summed E-state index contributed by atoms with van der Waals surface area (Å²) in [6, 6.07) is 10.3. The SMILES string of the molecule is COC(=O)c1ccc(N2C[C@H]3CC[C@H](OCc4c(-c5ccccc5OC(F)F)noc4C4CC4)C[C@H]3C2)nc1. The minimum absolute atomic E-state index is 0.0733. The third kappa shape index (κ3) is 5.48. The van der Waals surface area contributed by atoms with E-state index < -0.39 is 12.6 Å². The van der Waals surface area contributed by atoms with Crippen LogP contribution in [-0.4, -0.2) is 49.0 Å². The number of ether oxygens (including phenoxy) is 3. The zero-order valence-electron chi connectivity index (χ0n) is 21.7. The van der Waals surface area contributed by atoms with Crippen molar-refractivity contribution in [2.45, 2.75) is 57.3 Å². The van der Waals surface area contributed by atoms with Crippen LogP contribution in [0.4, 0.5) is 14.6 Å². The summed E-state index contributed by atoms with van der Waals surface area (Å²) in [5.41, 5.74) is 2.25. The standard InChI is InChI=1S/C29H31F2N3O5/c1-36-28(35)18-9-11-25(32-13-18)34-14-19-8-10-21(12-20(19)15-34)37-16-23-26(33-39-27(23)17-6-7-17)22-4-2-3-5-24(22)38-29(30)31/h2-5,9,11,13,17,19-21,29H,6-8,10,12,14-16H2,1H3/t19-,20+,21+/m1/s1. The van der Waals surface area contributed by atoms with Crippen LogP contribution in [0.1, 0.15) is 59.7 Å². The molecule has 39 heavy (non-hydrogen) atoms. The number of methoxy groups -OCH3 is 1. The number of carbonyl (C=O) groups excluding carboxylic acids is 1. The molecule has 2 aromatic heterocycles. The number of aromatic nitrogens is 2. The van der Waals surface area contributed by atoms with E-state index >= 15 is 0 Å². The van der Waals surface area contributed by atoms with Crippen molar-refractivity contribution >= 4 is 11.8 Å². The van der Waals surface area contributed by atoms with Crippen molar-refractivity contribution < 1.29 is 32.3 Å². The van der Waals surface area contributed by atoms with Crippen LogP contribution in [0, 0.1) is 11.8 Å². The third-order valence-corrected chi connectivity index (χ3v) is 8.08. The van der Waals surface area contributed by atoms with E-state index in [4.69, 9.17) is 18.7 Å². The van der Waals surface area contributed by atoms with E-state index in [0.717, 1.165) is 62.3 Å². The number of alkyl halides is 2. The number of hydrogen-bond donors (Lipinski definition) is 0. The first-order valence-corrected chi connectivity index (χ1v) is 13.4. The molecule has 1 aromatic carbocycles. The van der Waals surface area contributed by atoms with Crippen molar-refractivity contribution in [3.05, 3.63) is 59.5 Å². The van der Waals surface area contributed by atoms with Crippen LogP contribution in [0.5, 0.6) is 5.75 Å². The average Bonchev–Trinajstić information content (AvgIpc) is 3.56. The Morgan fingerprint density at radius 2 is 1.92 bits per heavy atom. The Morgan fingerprint density at radius 1 is 1.10 bits per heavy atom. The molecule has 8 nitrogen and oxygen atoms in total. The Morgan fingerprint density at radius 3 is 2.67 bits per heavy atom. The van der Waals surface area contributed by atoms with Gasteiger partial charge in [0.15, 0.2) is 0 Å². The summed E-state index contributed by atoms with van der Waals surface area (Å²) < 4.78 is 47.8. The molecule has 10 heteroatoms. The van der Waals surface area contributed by atoms with Gasteiger partial charge < -0.3 is 23.6 Å². The van der Waals surface area contributed by atoms with Gasteiger partial charge in [-0.05, 0) is 68.2 Å². The first-order chi connectivity index (χ1) is 19.0. The van der Waals surface area contributed by atoms with Crippen LogP contribution in [0.25, 0.3) is 11.3 Å². The van der Waals surface area contributed by atoms with Crippen molar-refractivity contribution in [2.75, 3.05) is 25.1 Å². The lowest BCUT2D eigenvalue weighted by Gasteiger charge is -2.30. The Labute approximate surface area is 225 Å². The molecule has 0 spiro atoms. The van der Waals surface area contributed by atoms with Crippen molar-refractivity contribution in [1.29, 1.82) is 0 Å². The summed E-state index contributed by atoms with van der Waals surface area (Å²) in [4.78, 5) is 18.5. The molecule has 6 rings (SSSR count). The molecule has 3 heterocycles. The monoisotopic (exact) mass is 539 g/mol. The highest BCUT2D eigenvalue weighted by Gasteiger charge is 2.39. The fourth-order valence-electron chi connectivity index (χ4n) is 5.94. The quantitative estimate of drug-likeness (QED) is 0.314. The van der Waals surface area contributed by atoms with Gasteiger partial charge in [0.25, 0.3) is 0 Å². The molecule has 0 amide bonds. The highest BCUT2D eigenvalue weighted by Crippen LogP contribution is 2.46. The van der Waals surface area contributed by atoms with Gasteiger partial charge in [0.1, 0.15) is 23.0 Å². The van der Waals surface area contributed by atoms with Crippen LogP contribution in [-0.2, 0) is 16.1 Å². The number of esters is 1. The number of rotatable bonds is 9. The molecule has 0 unspecified atom stereocenters. The first-order valence-electron chi connectivity index (χ1n) is 13.4. The van der Waals surface area contributed by atoms with Crippen LogP contribution >= 0.6 is 0 Å². The number of pyridine rings is 1. The summed E-state index contributed by atoms with van der Waals surface area (Å²) >= 11 is 0. The minimum Gasteiger partial charge on any atom is -0.465 e. The second-order valence-corrected chi connectivity index (χ2v) is 10.6. The van der Waals surface area contributed by atoms with Gasteiger partial charge in [0, 0.05) is 36.3 Å². The van der Waals surface area contributed by atoms with Crippen molar-refractivity contribution in [3.8, 4) is 17.0 Å². The van der Waals surface area contributed by atoms with Gasteiger partial charge in [0.2, 0.25) is 0 Å². The highest BCUT2D eigenvalue weighted by atomic mass is 19.3. The largest absolute Gasteiger partial charge is 0.465 e. The predicted octanol–water partition coefficient (Wildman–Crippen LogP) is 5.82. The molecule has 2 saturated carbocycles. The van der Waals surface area contributed by atoms with Gasteiger partial charge in [-0.15, -0.1) is 0 Å². The fraction of sp³-hybridized carbons (Fsp3) is 0.483. The Hall–Kier alpha value is -3.53. The van der Waals surface area contributed by atoms with E-state index in [1.54, 1.807) is 30.5 Å². The van der Waals surface area contributed by atoms with E-state index in [0.29, 0.717) is 41.2 Å². The maximum atomic E-state index is 13.0. The zero-order chi connectivity index (χ0) is 26.9. The van der Waals surface area contributed by atoms with Crippen molar-refractivity contribution in [3.63, 3.8) is 0 Å². The lowest BCUT2D eigenvalue weighted by Crippen LogP contribution is -2.28. The van der Waals surface area contributed by atoms with E-state index in [2.05, 4.69) is 15.0 Å². The zero-order valence-corrected chi connectivity index (χ0v) is 21.7. The molecule has 1 aliphatic heterocycles. The first kappa shape index (κ1) is 25.7. The fourth-order valence-corrected chi connectivity index (χ4v) is 5.94. The molecule has 3 aliphatic rings. The van der Waals surface area contributed by atoms with Gasteiger partial charge in [-0.1, -0.05) is 17.3 Å². The number of hydrogen-bond acceptors (Lipinski definition) is 8. The van der Waals surface area contributed by atoms with Gasteiger partial charge in [-0.2, -0.15) is 8.78 Å². The molecule has 0 N–H and O–H groups in total. The normalized spacial score (nSPS) is 22.7. The van der Waals surface area contributed by atoms with Gasteiger partial charge in [-0.25, -0.2) is 9.78 Å². The molecular weight excluding hydrogens is 508 g/mol. The van der Waals surface area contributed by atoms with Crippen LogP contribution in [0.2, 0.25) is 0 Å². The Kier molecular flexibility index (Phi) is 7.20. The van der Waals surface area contributed by atoms with Gasteiger partial charge in [-0.3, -0.25) is 0 Å². The molecule has 0 radical (unpaired) electrons. The molecule has 1 saturated heterocycles. The Bertz CT molecular complexity index is 1310. The molecule has 3 aromatic rings. The summed E-state index contributed by atoms with van der Waals surface area (Å²) in [6.07, 6.45) is 6.64. The summed E-state index contributed by atoms with van der Waals surface area (Å²) in [6.45, 7) is -0.789. The third-order valence-electron chi connectivity index (χ3n) is 8.08. The lowest BCUT2D eigenvalue weighted by molar-refractivity contribution is -0.0494. The van der Waals surface area contributed by atoms with Gasteiger partial charge >= 0.3 is 12.6 Å². The second kappa shape index (κ2) is 10.9. The smallest absolute Gasteiger partial charge is 0.387 e. The maximum absolute atomic E-state index is 13.0. The van der Waals surface area contributed by atoms with E-state index in [9.17, 15) is 13.6 Å². The molecule has 2 aliphatic carbocycles. The van der Waals surface area contributed by atoms with Crippen LogP contribution in [0.3, 0.4) is 0 Å². The van der Waals surface area contributed by atoms with Crippen molar-refractivity contribution in [1.82, 2.24) is 10.1 Å². The van der Waals surface area contributed by atoms with E-state index in [1.165, 1.54) is 13.2 Å². The van der Waals surface area contributed by atoms with E-state index in [-0.39, 0.29) is 11.9 Å². The number of benzene rings is 1. The molecule has 3 atom stereocenters. The summed E-state index contributed by atoms with van der Waals surface area (Å²) in [5, 5.41) is 4.28. The summed E-state index contributed by atoms with van der Waals surface area (Å²) in [7, 11) is 1.36. The Balaban J connectivity index is 1.13. The number of halogens is 2. The molecule has 206 valence electrons. The number of carbonyl (C=O) groups is 1. The summed E-state index contributed by atoms with van der Waals surface area (Å²) in [5.74, 6) is 2.68. The van der Waals surface area contributed by atoms with Crippen LogP contribution in [0.15, 0.2) is 47.1 Å². The second-order valence-electron chi connectivity index (χ2n) is 10.6. The highest BCUT2D eigenvalue weighted by molar-refractivity contribution is 5.89. The van der Waals surface area contributed by atoms with Gasteiger partial charge in [0.05, 0.1) is 25.4 Å². The molecule has 3 fully saturated rings. The number of nitrogens with zero attached hydrogens (tertiary/aromatic N) is 3. The average molecular weight is 540 g/mol. The lowest BCUT2D eigenvalue weighted by atomic mass is 9.80. The predicted molar refractivity (Wildman–Crippen MR) is 138 cm³/mol. The minimum atomic E-state index is -2.93.